The van der Waals surface area contributed by atoms with E-state index in [0.29, 0.717) is 18.4 Å². The Hall–Kier alpha value is -1.03. The maximum absolute atomic E-state index is 12.6. The molecular weight excluding hydrogens is 456 g/mol. The van der Waals surface area contributed by atoms with E-state index < -0.39 is 11.7 Å². The summed E-state index contributed by atoms with van der Waals surface area (Å²) in [5.41, 5.74) is 0.120. The molecule has 4 nitrogen and oxygen atoms in total. The third-order valence-electron chi connectivity index (χ3n) is 4.33. The molecule has 1 fully saturated rings. The Kier molecular flexibility index (Phi) is 9.70. The third-order valence-corrected chi connectivity index (χ3v) is 4.33. The number of likely N-dealkylation sites (tertiary alicyclic amines) is 1. The normalized spacial score (nSPS) is 19.0. The molecule has 0 spiro atoms. The first-order valence-corrected chi connectivity index (χ1v) is 8.75. The highest BCUT2D eigenvalue weighted by atomic mass is 127. The second kappa shape index (κ2) is 11.0. The van der Waals surface area contributed by atoms with E-state index in [9.17, 15) is 13.2 Å². The van der Waals surface area contributed by atoms with E-state index in [1.54, 1.807) is 0 Å². The van der Waals surface area contributed by atoms with Gasteiger partial charge in [0.25, 0.3) is 0 Å². The summed E-state index contributed by atoms with van der Waals surface area (Å²) in [5, 5.41) is 6.53. The van der Waals surface area contributed by atoms with Gasteiger partial charge in [-0.25, -0.2) is 4.99 Å². The van der Waals surface area contributed by atoms with Gasteiger partial charge < -0.3 is 15.5 Å². The zero-order valence-corrected chi connectivity index (χ0v) is 17.6. The number of nitrogens with one attached hydrogen (secondary N) is 2. The van der Waals surface area contributed by atoms with Gasteiger partial charge in [0.05, 0.1) is 12.1 Å². The molecule has 0 saturated carbocycles. The number of guanidine groups is 1. The Morgan fingerprint density at radius 1 is 1.23 bits per heavy atom. The fourth-order valence-corrected chi connectivity index (χ4v) is 2.99. The highest BCUT2D eigenvalue weighted by molar-refractivity contribution is 14.0. The first kappa shape index (κ1) is 23.0. The summed E-state index contributed by atoms with van der Waals surface area (Å²) in [6, 6.07) is 5.16. The van der Waals surface area contributed by atoms with Gasteiger partial charge in [-0.2, -0.15) is 13.2 Å². The van der Waals surface area contributed by atoms with Gasteiger partial charge >= 0.3 is 6.18 Å². The fraction of sp³-hybridized carbons (Fsp3) is 0.611. The van der Waals surface area contributed by atoms with Crippen molar-refractivity contribution in [1.82, 2.24) is 15.5 Å². The second-order valence-corrected chi connectivity index (χ2v) is 6.54. The summed E-state index contributed by atoms with van der Waals surface area (Å²) in [4.78, 5) is 6.81. The number of aliphatic imine (C=N–C) groups is 1. The van der Waals surface area contributed by atoms with Crippen molar-refractivity contribution in [3.63, 3.8) is 0 Å². The number of rotatable bonds is 5. The number of hydrogen-bond acceptors (Lipinski definition) is 2. The van der Waals surface area contributed by atoms with Gasteiger partial charge in [-0.1, -0.05) is 12.1 Å². The Morgan fingerprint density at radius 3 is 2.50 bits per heavy atom. The molecule has 1 unspecified atom stereocenters. The van der Waals surface area contributed by atoms with Crippen molar-refractivity contribution in [2.45, 2.75) is 32.5 Å². The van der Waals surface area contributed by atoms with E-state index in [0.717, 1.165) is 43.9 Å². The predicted molar refractivity (Wildman–Crippen MR) is 110 cm³/mol. The maximum Gasteiger partial charge on any atom is 0.416 e. The molecule has 1 aliphatic rings. The second-order valence-electron chi connectivity index (χ2n) is 6.54. The lowest BCUT2D eigenvalue weighted by Gasteiger charge is -2.30. The predicted octanol–water partition coefficient (Wildman–Crippen LogP) is 3.72. The molecular formula is C18H28F3IN4. The van der Waals surface area contributed by atoms with E-state index >= 15 is 0 Å². The van der Waals surface area contributed by atoms with E-state index in [1.165, 1.54) is 25.0 Å². The summed E-state index contributed by atoms with van der Waals surface area (Å²) in [5.74, 6) is 1.30. The first-order chi connectivity index (χ1) is 11.9. The van der Waals surface area contributed by atoms with Crippen LogP contribution < -0.4 is 10.6 Å². The third kappa shape index (κ3) is 7.69. The minimum atomic E-state index is -4.30. The van der Waals surface area contributed by atoms with Crippen LogP contribution >= 0.6 is 24.0 Å². The Bertz CT molecular complexity index is 561. The number of piperidine rings is 1. The largest absolute Gasteiger partial charge is 0.416 e. The molecule has 0 radical (unpaired) electrons. The van der Waals surface area contributed by atoms with Crippen LogP contribution in [0.1, 0.15) is 30.9 Å². The number of benzene rings is 1. The highest BCUT2D eigenvalue weighted by Crippen LogP contribution is 2.29. The molecule has 1 atom stereocenters. The molecule has 0 aliphatic carbocycles. The summed E-state index contributed by atoms with van der Waals surface area (Å²) in [7, 11) is 2.13. The quantitative estimate of drug-likeness (QED) is 0.381. The number of alkyl halides is 3. The van der Waals surface area contributed by atoms with Crippen molar-refractivity contribution in [2.75, 3.05) is 33.2 Å². The monoisotopic (exact) mass is 484 g/mol. The Balaban J connectivity index is 0.00000338. The molecule has 2 rings (SSSR count). The van der Waals surface area contributed by atoms with Crippen LogP contribution in [0.4, 0.5) is 13.2 Å². The van der Waals surface area contributed by atoms with Gasteiger partial charge in [0, 0.05) is 19.6 Å². The van der Waals surface area contributed by atoms with Gasteiger partial charge in [0.15, 0.2) is 5.96 Å². The van der Waals surface area contributed by atoms with Crippen molar-refractivity contribution < 1.29 is 13.2 Å². The Labute approximate surface area is 170 Å². The first-order valence-electron chi connectivity index (χ1n) is 8.75. The van der Waals surface area contributed by atoms with Gasteiger partial charge in [-0.3, -0.25) is 0 Å². The molecule has 148 valence electrons. The molecule has 8 heteroatoms. The van der Waals surface area contributed by atoms with Crippen LogP contribution in [-0.4, -0.2) is 44.1 Å². The molecule has 1 saturated heterocycles. The zero-order chi connectivity index (χ0) is 18.3. The van der Waals surface area contributed by atoms with Crippen molar-refractivity contribution in [1.29, 1.82) is 0 Å². The standard InChI is InChI=1S/C18H27F3N4.HI/c1-3-22-17(24-12-15-5-4-10-25(2)13-15)23-11-14-6-8-16(9-7-14)18(19,20)21;/h6-9,15H,3-5,10-13H2,1-2H3,(H2,22,23,24);1H. The van der Waals surface area contributed by atoms with Gasteiger partial charge in [0.2, 0.25) is 0 Å². The topological polar surface area (TPSA) is 39.7 Å². The minimum absolute atomic E-state index is 0. The van der Waals surface area contributed by atoms with Crippen LogP contribution in [0.5, 0.6) is 0 Å². The molecule has 1 aromatic rings. The number of nitrogens with zero attached hydrogens (tertiary/aromatic N) is 2. The van der Waals surface area contributed by atoms with Crippen LogP contribution in [0.3, 0.4) is 0 Å². The van der Waals surface area contributed by atoms with Crippen molar-refractivity contribution in [2.24, 2.45) is 10.9 Å². The van der Waals surface area contributed by atoms with Crippen LogP contribution in [-0.2, 0) is 12.7 Å². The van der Waals surface area contributed by atoms with Crippen molar-refractivity contribution >= 4 is 29.9 Å². The smallest absolute Gasteiger partial charge is 0.357 e. The van der Waals surface area contributed by atoms with Gasteiger partial charge in [-0.15, -0.1) is 24.0 Å². The molecule has 0 aromatic heterocycles. The summed E-state index contributed by atoms with van der Waals surface area (Å²) in [6.07, 6.45) is -1.89. The van der Waals surface area contributed by atoms with Gasteiger partial charge in [0.1, 0.15) is 0 Å². The lowest BCUT2D eigenvalue weighted by molar-refractivity contribution is -0.137. The van der Waals surface area contributed by atoms with Crippen molar-refractivity contribution in [3.05, 3.63) is 35.4 Å². The number of hydrogen-bond donors (Lipinski definition) is 2. The molecule has 0 bridgehead atoms. The van der Waals surface area contributed by atoms with E-state index in [-0.39, 0.29) is 24.0 Å². The maximum atomic E-state index is 12.6. The number of halogens is 4. The lowest BCUT2D eigenvalue weighted by Crippen LogP contribution is -2.43. The molecule has 0 amide bonds. The molecule has 1 aliphatic heterocycles. The van der Waals surface area contributed by atoms with Crippen LogP contribution in [0.15, 0.2) is 29.3 Å². The molecule has 1 heterocycles. The van der Waals surface area contributed by atoms with E-state index in [2.05, 4.69) is 27.6 Å². The SMILES string of the molecule is CCNC(=NCc1ccc(C(F)(F)F)cc1)NCC1CCCN(C)C1.I. The average Bonchev–Trinajstić information content (AvgIpc) is 2.57. The molecule has 1 aromatic carbocycles. The zero-order valence-electron chi connectivity index (χ0n) is 15.3. The molecule has 2 N–H and O–H groups in total. The highest BCUT2D eigenvalue weighted by Gasteiger charge is 2.29. The van der Waals surface area contributed by atoms with E-state index in [4.69, 9.17) is 0 Å². The molecule has 26 heavy (non-hydrogen) atoms. The van der Waals surface area contributed by atoms with Crippen LogP contribution in [0.2, 0.25) is 0 Å². The van der Waals surface area contributed by atoms with Crippen molar-refractivity contribution in [3.8, 4) is 0 Å². The van der Waals surface area contributed by atoms with Gasteiger partial charge in [-0.05, 0) is 57.0 Å². The van der Waals surface area contributed by atoms with Crippen LogP contribution in [0.25, 0.3) is 0 Å². The van der Waals surface area contributed by atoms with E-state index in [1.807, 2.05) is 6.92 Å². The van der Waals surface area contributed by atoms with Crippen LogP contribution in [0, 0.1) is 5.92 Å². The minimum Gasteiger partial charge on any atom is -0.357 e. The Morgan fingerprint density at radius 2 is 1.92 bits per heavy atom. The fourth-order valence-electron chi connectivity index (χ4n) is 2.99. The summed E-state index contributed by atoms with van der Waals surface area (Å²) in [6.45, 7) is 6.15. The average molecular weight is 484 g/mol. The summed E-state index contributed by atoms with van der Waals surface area (Å²) < 4.78 is 37.8. The lowest BCUT2D eigenvalue weighted by atomic mass is 9.99. The summed E-state index contributed by atoms with van der Waals surface area (Å²) >= 11 is 0.